The molecular formula is C21H23N3O4. The van der Waals surface area contributed by atoms with Gasteiger partial charge in [0.25, 0.3) is 11.1 Å². The zero-order valence-electron chi connectivity index (χ0n) is 16.0. The number of benzene rings is 2. The third kappa shape index (κ3) is 4.31. The molecule has 0 saturated carbocycles. The Morgan fingerprint density at radius 1 is 1.07 bits per heavy atom. The zero-order valence-corrected chi connectivity index (χ0v) is 16.0. The number of nitrogens with one attached hydrogen (secondary N) is 1. The van der Waals surface area contributed by atoms with E-state index in [1.165, 1.54) is 4.68 Å². The molecule has 0 spiro atoms. The van der Waals surface area contributed by atoms with E-state index in [1.807, 2.05) is 31.2 Å². The van der Waals surface area contributed by atoms with Gasteiger partial charge in [0, 0.05) is 20.0 Å². The van der Waals surface area contributed by atoms with Crippen molar-refractivity contribution in [2.45, 2.75) is 26.4 Å². The predicted octanol–water partition coefficient (Wildman–Crippen LogP) is 2.14. The second-order valence-corrected chi connectivity index (χ2v) is 6.52. The fourth-order valence-electron chi connectivity index (χ4n) is 3.02. The van der Waals surface area contributed by atoms with Crippen molar-refractivity contribution in [2.75, 3.05) is 13.7 Å². The number of hydrogen-bond donors (Lipinski definition) is 1. The monoisotopic (exact) mass is 381 g/mol. The van der Waals surface area contributed by atoms with Gasteiger partial charge in [-0.15, -0.1) is 0 Å². The minimum Gasteiger partial charge on any atom is -0.494 e. The summed E-state index contributed by atoms with van der Waals surface area (Å²) in [5.41, 5.74) is 0.332. The van der Waals surface area contributed by atoms with Gasteiger partial charge < -0.3 is 9.64 Å². The van der Waals surface area contributed by atoms with Gasteiger partial charge in [0.1, 0.15) is 5.75 Å². The van der Waals surface area contributed by atoms with Crippen LogP contribution in [0.5, 0.6) is 5.75 Å². The normalized spacial score (nSPS) is 10.8. The fraction of sp³-hybridized carbons (Fsp3) is 0.286. The van der Waals surface area contributed by atoms with Crippen LogP contribution in [0.4, 0.5) is 0 Å². The number of hydrogen-bond acceptors (Lipinski definition) is 4. The van der Waals surface area contributed by atoms with E-state index >= 15 is 0 Å². The summed E-state index contributed by atoms with van der Waals surface area (Å²) in [5.74, 6) is 0.676. The molecule has 7 heteroatoms. The molecule has 1 heterocycles. The average molecular weight is 381 g/mol. The average Bonchev–Trinajstić information content (AvgIpc) is 2.71. The van der Waals surface area contributed by atoms with Crippen molar-refractivity contribution in [3.63, 3.8) is 0 Å². The Kier molecular flexibility index (Phi) is 5.93. The first-order chi connectivity index (χ1) is 13.5. The Bertz CT molecular complexity index is 1080. The molecule has 0 atom stereocenters. The number of fused-ring (bicyclic) bond motifs is 1. The Labute approximate surface area is 162 Å². The Morgan fingerprint density at radius 3 is 2.43 bits per heavy atom. The summed E-state index contributed by atoms with van der Waals surface area (Å²) in [4.78, 5) is 38.7. The van der Waals surface area contributed by atoms with Crippen molar-refractivity contribution >= 4 is 16.7 Å². The van der Waals surface area contributed by atoms with Gasteiger partial charge in [-0.05, 0) is 36.8 Å². The molecule has 0 aliphatic rings. The number of nitrogens with zero attached hydrogens (tertiary/aromatic N) is 2. The molecule has 1 aromatic heterocycles. The van der Waals surface area contributed by atoms with Crippen LogP contribution in [0, 0.1) is 0 Å². The number of amides is 1. The van der Waals surface area contributed by atoms with Gasteiger partial charge in [0.2, 0.25) is 5.91 Å². The van der Waals surface area contributed by atoms with E-state index in [1.54, 1.807) is 36.2 Å². The van der Waals surface area contributed by atoms with Crippen molar-refractivity contribution in [1.82, 2.24) is 14.7 Å². The van der Waals surface area contributed by atoms with Crippen LogP contribution in [0.1, 0.15) is 18.9 Å². The summed E-state index contributed by atoms with van der Waals surface area (Å²) in [6.45, 7) is 3.10. The van der Waals surface area contributed by atoms with E-state index in [-0.39, 0.29) is 30.0 Å². The van der Waals surface area contributed by atoms with Crippen molar-refractivity contribution in [3.05, 3.63) is 74.8 Å². The molecule has 1 amide bonds. The van der Waals surface area contributed by atoms with E-state index in [0.29, 0.717) is 23.9 Å². The number of aryl methyl sites for hydroxylation is 1. The number of carbonyl (C=O) groups excluding carboxylic acids is 1. The maximum Gasteiger partial charge on any atom is 0.273 e. The maximum atomic E-state index is 12.5. The lowest BCUT2D eigenvalue weighted by atomic mass is 10.2. The lowest BCUT2D eigenvalue weighted by Gasteiger charge is -2.18. The van der Waals surface area contributed by atoms with Gasteiger partial charge in [-0.3, -0.25) is 19.5 Å². The minimum atomic E-state index is -0.342. The lowest BCUT2D eigenvalue weighted by molar-refractivity contribution is -0.130. The molecule has 28 heavy (non-hydrogen) atoms. The van der Waals surface area contributed by atoms with Crippen LogP contribution in [0.2, 0.25) is 0 Å². The standard InChI is InChI=1S/C21H23N3O4/c1-3-28-16-10-8-15(9-11-16)14-23(2)19(25)12-13-24-21(27)18-7-5-4-6-17(18)20(26)22-24/h4-11H,3,12-14H2,1-2H3,(H,22,26). The lowest BCUT2D eigenvalue weighted by Crippen LogP contribution is -2.33. The summed E-state index contributed by atoms with van der Waals surface area (Å²) in [6, 6.07) is 14.2. The zero-order chi connectivity index (χ0) is 20.1. The summed E-state index contributed by atoms with van der Waals surface area (Å²) >= 11 is 0. The largest absolute Gasteiger partial charge is 0.494 e. The van der Waals surface area contributed by atoms with Gasteiger partial charge in [-0.1, -0.05) is 24.3 Å². The van der Waals surface area contributed by atoms with Crippen molar-refractivity contribution in [1.29, 1.82) is 0 Å². The van der Waals surface area contributed by atoms with Crippen LogP contribution >= 0.6 is 0 Å². The summed E-state index contributed by atoms with van der Waals surface area (Å²) in [5, 5.41) is 3.24. The smallest absolute Gasteiger partial charge is 0.273 e. The molecule has 3 aromatic rings. The van der Waals surface area contributed by atoms with E-state index in [9.17, 15) is 14.4 Å². The van der Waals surface area contributed by atoms with Crippen LogP contribution in [0.25, 0.3) is 10.8 Å². The molecular weight excluding hydrogens is 358 g/mol. The molecule has 2 aromatic carbocycles. The Morgan fingerprint density at radius 2 is 1.75 bits per heavy atom. The number of carbonyl (C=O) groups is 1. The van der Waals surface area contributed by atoms with Crippen LogP contribution < -0.4 is 15.9 Å². The highest BCUT2D eigenvalue weighted by Gasteiger charge is 2.12. The van der Waals surface area contributed by atoms with E-state index < -0.39 is 0 Å². The third-order valence-corrected chi connectivity index (χ3v) is 4.51. The second kappa shape index (κ2) is 8.56. The van der Waals surface area contributed by atoms with Crippen LogP contribution in [-0.2, 0) is 17.9 Å². The van der Waals surface area contributed by atoms with Crippen molar-refractivity contribution < 1.29 is 9.53 Å². The number of ether oxygens (including phenoxy) is 1. The van der Waals surface area contributed by atoms with Crippen molar-refractivity contribution in [3.8, 4) is 5.75 Å². The van der Waals surface area contributed by atoms with E-state index in [4.69, 9.17) is 4.74 Å². The number of rotatable bonds is 7. The van der Waals surface area contributed by atoms with Crippen LogP contribution in [0.3, 0.4) is 0 Å². The van der Waals surface area contributed by atoms with Gasteiger partial charge in [0.05, 0.1) is 23.9 Å². The number of aromatic nitrogens is 2. The maximum absolute atomic E-state index is 12.5. The first kappa shape index (κ1) is 19.4. The first-order valence-corrected chi connectivity index (χ1v) is 9.17. The Hall–Kier alpha value is -3.35. The van der Waals surface area contributed by atoms with Crippen molar-refractivity contribution in [2.24, 2.45) is 0 Å². The molecule has 146 valence electrons. The molecule has 0 aliphatic heterocycles. The molecule has 3 rings (SSSR count). The molecule has 0 bridgehead atoms. The molecule has 0 saturated heterocycles. The fourth-order valence-corrected chi connectivity index (χ4v) is 3.02. The van der Waals surface area contributed by atoms with Gasteiger partial charge in [-0.25, -0.2) is 4.68 Å². The van der Waals surface area contributed by atoms with E-state index in [0.717, 1.165) is 11.3 Å². The summed E-state index contributed by atoms with van der Waals surface area (Å²) < 4.78 is 6.61. The molecule has 0 radical (unpaired) electrons. The van der Waals surface area contributed by atoms with Gasteiger partial charge in [-0.2, -0.15) is 0 Å². The highest BCUT2D eigenvalue weighted by Crippen LogP contribution is 2.13. The highest BCUT2D eigenvalue weighted by molar-refractivity contribution is 5.80. The first-order valence-electron chi connectivity index (χ1n) is 9.17. The number of aromatic amines is 1. The van der Waals surface area contributed by atoms with Crippen LogP contribution in [-0.4, -0.2) is 34.2 Å². The minimum absolute atomic E-state index is 0.113. The van der Waals surface area contributed by atoms with Crippen LogP contribution in [0.15, 0.2) is 58.1 Å². The van der Waals surface area contributed by atoms with E-state index in [2.05, 4.69) is 5.10 Å². The quantitative estimate of drug-likeness (QED) is 0.680. The second-order valence-electron chi connectivity index (χ2n) is 6.52. The third-order valence-electron chi connectivity index (χ3n) is 4.51. The molecule has 0 aliphatic carbocycles. The summed E-state index contributed by atoms with van der Waals surface area (Å²) in [6.07, 6.45) is 0.113. The molecule has 0 fully saturated rings. The highest BCUT2D eigenvalue weighted by atomic mass is 16.5. The van der Waals surface area contributed by atoms with Gasteiger partial charge in [0.15, 0.2) is 0 Å². The Balaban J connectivity index is 1.65. The van der Waals surface area contributed by atoms with Gasteiger partial charge >= 0.3 is 0 Å². The molecule has 7 nitrogen and oxygen atoms in total. The predicted molar refractivity (Wildman–Crippen MR) is 108 cm³/mol. The topological polar surface area (TPSA) is 84.4 Å². The SMILES string of the molecule is CCOc1ccc(CN(C)C(=O)CCn2[nH]c(=O)c3ccccc3c2=O)cc1. The number of H-pyrrole nitrogens is 1. The molecule has 0 unspecified atom stereocenters. The molecule has 1 N–H and O–H groups in total. The summed E-state index contributed by atoms with van der Waals surface area (Å²) in [7, 11) is 1.71.